The van der Waals surface area contributed by atoms with Gasteiger partial charge in [0.1, 0.15) is 10.7 Å². The fraction of sp³-hybridized carbons (Fsp3) is 0.545. The average Bonchev–Trinajstić information content (AvgIpc) is 2.78. The third-order valence-electron chi connectivity index (χ3n) is 2.95. The van der Waals surface area contributed by atoms with Gasteiger partial charge in [-0.1, -0.05) is 0 Å². The van der Waals surface area contributed by atoms with E-state index in [1.807, 2.05) is 4.90 Å². The maximum atomic E-state index is 10.5. The number of furan rings is 1. The zero-order chi connectivity index (χ0) is 12.3. The lowest BCUT2D eigenvalue weighted by Gasteiger charge is -2.30. The molecular weight excluding hydrogens is 222 g/mol. The summed E-state index contributed by atoms with van der Waals surface area (Å²) < 4.78 is 5.09. The van der Waals surface area contributed by atoms with Crippen LogP contribution in [0.3, 0.4) is 0 Å². The Labute approximate surface area is 98.6 Å². The molecule has 0 radical (unpaired) electrons. The number of piperidine rings is 1. The molecule has 2 rings (SSSR count). The van der Waals surface area contributed by atoms with Gasteiger partial charge in [-0.25, -0.2) is 0 Å². The van der Waals surface area contributed by atoms with Gasteiger partial charge in [0.25, 0.3) is 0 Å². The van der Waals surface area contributed by atoms with Crippen molar-refractivity contribution >= 4 is 5.88 Å². The number of rotatable bonds is 3. The van der Waals surface area contributed by atoms with Gasteiger partial charge in [-0.2, -0.15) is 5.26 Å². The number of likely N-dealkylation sites (tertiary alicyclic amines) is 1. The van der Waals surface area contributed by atoms with Gasteiger partial charge in [0.15, 0.2) is 0 Å². The highest BCUT2D eigenvalue weighted by atomic mass is 16.6. The summed E-state index contributed by atoms with van der Waals surface area (Å²) in [5, 5.41) is 19.5. The van der Waals surface area contributed by atoms with E-state index >= 15 is 0 Å². The quantitative estimate of drug-likeness (QED) is 0.591. The molecule has 1 atom stereocenters. The van der Waals surface area contributed by atoms with E-state index < -0.39 is 4.92 Å². The minimum Gasteiger partial charge on any atom is -0.404 e. The molecule has 1 fully saturated rings. The number of nitriles is 1. The van der Waals surface area contributed by atoms with Crippen LogP contribution in [0.2, 0.25) is 0 Å². The Morgan fingerprint density at radius 2 is 2.41 bits per heavy atom. The monoisotopic (exact) mass is 235 g/mol. The van der Waals surface area contributed by atoms with Gasteiger partial charge in [-0.05, 0) is 31.9 Å². The molecule has 1 saturated heterocycles. The number of hydrogen-bond acceptors (Lipinski definition) is 5. The average molecular weight is 235 g/mol. The van der Waals surface area contributed by atoms with Gasteiger partial charge >= 0.3 is 5.88 Å². The predicted octanol–water partition coefficient (Wildman–Crippen LogP) is 2.07. The molecular formula is C11H13N3O3. The number of hydrogen-bond donors (Lipinski definition) is 0. The second kappa shape index (κ2) is 4.97. The van der Waals surface area contributed by atoms with Crippen molar-refractivity contribution in [1.29, 1.82) is 5.26 Å². The maximum absolute atomic E-state index is 10.5. The van der Waals surface area contributed by atoms with Gasteiger partial charge in [0.2, 0.25) is 0 Å². The van der Waals surface area contributed by atoms with Crippen molar-refractivity contribution in [3.8, 4) is 6.07 Å². The summed E-state index contributed by atoms with van der Waals surface area (Å²) in [6.07, 6.45) is 2.98. The summed E-state index contributed by atoms with van der Waals surface area (Å²) in [5.41, 5.74) is 0. The standard InChI is InChI=1S/C11H13N3O3/c12-7-9-3-1-2-6-13(9)8-10-4-5-11(17-10)14(15)16/h4-5,9H,1-3,6,8H2. The Balaban J connectivity index is 2.03. The van der Waals surface area contributed by atoms with E-state index in [0.717, 1.165) is 25.8 Å². The molecule has 1 unspecified atom stereocenters. The number of nitrogens with zero attached hydrogens (tertiary/aromatic N) is 3. The molecule has 1 aromatic rings. The normalized spacial score (nSPS) is 21.0. The van der Waals surface area contributed by atoms with Crippen LogP contribution in [0.15, 0.2) is 16.5 Å². The Kier molecular flexibility index (Phi) is 3.40. The Morgan fingerprint density at radius 3 is 3.06 bits per heavy atom. The van der Waals surface area contributed by atoms with Crippen molar-refractivity contribution < 1.29 is 9.34 Å². The fourth-order valence-electron chi connectivity index (χ4n) is 2.08. The molecule has 17 heavy (non-hydrogen) atoms. The van der Waals surface area contributed by atoms with E-state index in [9.17, 15) is 10.1 Å². The summed E-state index contributed by atoms with van der Waals surface area (Å²) >= 11 is 0. The number of nitro groups is 1. The van der Waals surface area contributed by atoms with Crippen molar-refractivity contribution in [1.82, 2.24) is 4.90 Å². The molecule has 0 N–H and O–H groups in total. The molecule has 0 spiro atoms. The zero-order valence-electron chi connectivity index (χ0n) is 9.33. The van der Waals surface area contributed by atoms with Crippen molar-refractivity contribution in [2.45, 2.75) is 31.8 Å². The van der Waals surface area contributed by atoms with Crippen LogP contribution in [0, 0.1) is 21.4 Å². The second-order valence-corrected chi connectivity index (χ2v) is 4.11. The molecule has 0 amide bonds. The zero-order valence-corrected chi connectivity index (χ0v) is 9.33. The molecule has 0 aromatic carbocycles. The summed E-state index contributed by atoms with van der Waals surface area (Å²) in [7, 11) is 0. The molecule has 2 heterocycles. The Hall–Kier alpha value is -1.87. The summed E-state index contributed by atoms with van der Waals surface area (Å²) in [6.45, 7) is 1.30. The topological polar surface area (TPSA) is 83.3 Å². The van der Waals surface area contributed by atoms with Crippen LogP contribution in [0.5, 0.6) is 0 Å². The van der Waals surface area contributed by atoms with Crippen molar-refractivity contribution in [3.05, 3.63) is 28.0 Å². The highest BCUT2D eigenvalue weighted by Crippen LogP contribution is 2.22. The first-order valence-electron chi connectivity index (χ1n) is 5.57. The largest absolute Gasteiger partial charge is 0.433 e. The summed E-state index contributed by atoms with van der Waals surface area (Å²) in [6, 6.07) is 5.10. The van der Waals surface area contributed by atoms with E-state index in [0.29, 0.717) is 12.3 Å². The van der Waals surface area contributed by atoms with Crippen molar-refractivity contribution in [2.24, 2.45) is 0 Å². The third kappa shape index (κ3) is 2.63. The van der Waals surface area contributed by atoms with Gasteiger partial charge in [0.05, 0.1) is 24.7 Å². The highest BCUT2D eigenvalue weighted by Gasteiger charge is 2.23. The van der Waals surface area contributed by atoms with Crippen LogP contribution < -0.4 is 0 Å². The molecule has 6 heteroatoms. The summed E-state index contributed by atoms with van der Waals surface area (Å²) in [5.74, 6) is 0.296. The molecule has 0 saturated carbocycles. The van der Waals surface area contributed by atoms with Crippen LogP contribution in [-0.2, 0) is 6.54 Å². The van der Waals surface area contributed by atoms with Crippen molar-refractivity contribution in [3.63, 3.8) is 0 Å². The third-order valence-corrected chi connectivity index (χ3v) is 2.95. The minimum absolute atomic E-state index is 0.104. The molecule has 1 aromatic heterocycles. The first-order chi connectivity index (χ1) is 8.20. The molecule has 1 aliphatic rings. The van der Waals surface area contributed by atoms with Crippen LogP contribution in [0.4, 0.5) is 5.88 Å². The van der Waals surface area contributed by atoms with E-state index in [-0.39, 0.29) is 11.9 Å². The van der Waals surface area contributed by atoms with Gasteiger partial charge in [0, 0.05) is 0 Å². The smallest absolute Gasteiger partial charge is 0.404 e. The van der Waals surface area contributed by atoms with Crippen LogP contribution in [0.25, 0.3) is 0 Å². The lowest BCUT2D eigenvalue weighted by Crippen LogP contribution is -2.37. The van der Waals surface area contributed by atoms with Crippen LogP contribution in [0.1, 0.15) is 25.0 Å². The molecule has 6 nitrogen and oxygen atoms in total. The molecule has 0 aliphatic carbocycles. The van der Waals surface area contributed by atoms with Gasteiger partial charge in [-0.3, -0.25) is 15.0 Å². The maximum Gasteiger partial charge on any atom is 0.433 e. The Morgan fingerprint density at radius 1 is 1.59 bits per heavy atom. The van der Waals surface area contributed by atoms with E-state index in [4.69, 9.17) is 9.68 Å². The van der Waals surface area contributed by atoms with Crippen LogP contribution >= 0.6 is 0 Å². The highest BCUT2D eigenvalue weighted by molar-refractivity contribution is 5.18. The SMILES string of the molecule is N#CC1CCCCN1Cc1ccc([N+](=O)[O-])o1. The first-order valence-corrected chi connectivity index (χ1v) is 5.57. The minimum atomic E-state index is -0.554. The molecule has 90 valence electrons. The summed E-state index contributed by atoms with van der Waals surface area (Å²) in [4.78, 5) is 11.9. The second-order valence-electron chi connectivity index (χ2n) is 4.11. The van der Waals surface area contributed by atoms with E-state index in [1.165, 1.54) is 6.07 Å². The van der Waals surface area contributed by atoms with Gasteiger partial charge in [-0.15, -0.1) is 0 Å². The lowest BCUT2D eigenvalue weighted by molar-refractivity contribution is -0.402. The van der Waals surface area contributed by atoms with Crippen LogP contribution in [-0.4, -0.2) is 22.4 Å². The molecule has 0 bridgehead atoms. The first kappa shape index (κ1) is 11.6. The van der Waals surface area contributed by atoms with Gasteiger partial charge < -0.3 is 4.42 Å². The molecule has 1 aliphatic heterocycles. The van der Waals surface area contributed by atoms with E-state index in [1.54, 1.807) is 6.07 Å². The fourth-order valence-corrected chi connectivity index (χ4v) is 2.08. The Bertz CT molecular complexity index is 449. The predicted molar refractivity (Wildman–Crippen MR) is 59.0 cm³/mol. The lowest BCUT2D eigenvalue weighted by atomic mass is 10.0. The van der Waals surface area contributed by atoms with E-state index in [2.05, 4.69) is 6.07 Å². The van der Waals surface area contributed by atoms with Crippen molar-refractivity contribution in [2.75, 3.05) is 6.54 Å².